The van der Waals surface area contributed by atoms with Gasteiger partial charge in [-0.05, 0) is 36.6 Å². The van der Waals surface area contributed by atoms with Gasteiger partial charge in [-0.15, -0.1) is 0 Å². The number of nitrogens with one attached hydrogen (secondary N) is 1. The summed E-state index contributed by atoms with van der Waals surface area (Å²) < 4.78 is 0. The first-order valence-electron chi connectivity index (χ1n) is 10.4. The van der Waals surface area contributed by atoms with Crippen molar-refractivity contribution in [2.45, 2.75) is 20.4 Å². The third-order valence-electron chi connectivity index (χ3n) is 6.13. The zero-order chi connectivity index (χ0) is 20.7. The third-order valence-corrected chi connectivity index (χ3v) is 6.13. The number of urea groups is 1. The molecule has 3 aliphatic heterocycles. The van der Waals surface area contributed by atoms with Crippen LogP contribution in [0.25, 0.3) is 0 Å². The van der Waals surface area contributed by atoms with E-state index < -0.39 is 0 Å². The standard InChI is InChI=1S/C23H26N6O/c1-16-7-3-4-9-20(16)28-14-21-25-22(26-23(30)29(21)15-28)19-13-27(11-17(19)2)12-18-8-5-6-10-24-18/h3-10,14,17,19H,11-13,15H2,1-2H3,(H,25,26,30). The number of aryl methyl sites for hydroxylation is 1. The van der Waals surface area contributed by atoms with Gasteiger partial charge in [0.2, 0.25) is 0 Å². The van der Waals surface area contributed by atoms with E-state index in [0.29, 0.717) is 18.4 Å². The second kappa shape index (κ2) is 7.57. The Morgan fingerprint density at radius 1 is 1.13 bits per heavy atom. The minimum absolute atomic E-state index is 0.0993. The topological polar surface area (TPSA) is 64.1 Å². The molecular weight excluding hydrogens is 376 g/mol. The molecule has 30 heavy (non-hydrogen) atoms. The van der Waals surface area contributed by atoms with Gasteiger partial charge in [-0.25, -0.2) is 9.79 Å². The first-order chi connectivity index (χ1) is 14.6. The first kappa shape index (κ1) is 18.8. The van der Waals surface area contributed by atoms with E-state index in [1.54, 1.807) is 4.90 Å². The number of aromatic nitrogens is 1. The normalized spacial score (nSPS) is 23.9. The van der Waals surface area contributed by atoms with Crippen LogP contribution >= 0.6 is 0 Å². The number of likely N-dealkylation sites (tertiary alicyclic amines) is 1. The van der Waals surface area contributed by atoms with E-state index in [1.807, 2.05) is 36.7 Å². The monoisotopic (exact) mass is 402 g/mol. The van der Waals surface area contributed by atoms with Crippen molar-refractivity contribution in [1.29, 1.82) is 0 Å². The van der Waals surface area contributed by atoms with Crippen LogP contribution in [0, 0.1) is 18.8 Å². The molecule has 1 saturated heterocycles. The molecule has 0 spiro atoms. The number of anilines is 1. The first-order valence-corrected chi connectivity index (χ1v) is 10.4. The predicted octanol–water partition coefficient (Wildman–Crippen LogP) is 3.16. The summed E-state index contributed by atoms with van der Waals surface area (Å²) in [6, 6.07) is 14.1. The van der Waals surface area contributed by atoms with E-state index in [2.05, 4.69) is 52.1 Å². The smallest absolute Gasteiger partial charge is 0.325 e. The Kier molecular flexibility index (Phi) is 4.75. The SMILES string of the molecule is Cc1ccccc1N1C=C2N=C(C3CN(Cc4ccccn4)CC3C)NC(=O)N2C1. The van der Waals surface area contributed by atoms with E-state index in [9.17, 15) is 4.79 Å². The van der Waals surface area contributed by atoms with Crippen LogP contribution < -0.4 is 10.2 Å². The molecule has 0 aliphatic carbocycles. The van der Waals surface area contributed by atoms with Gasteiger partial charge >= 0.3 is 6.03 Å². The molecule has 0 radical (unpaired) electrons. The van der Waals surface area contributed by atoms with E-state index in [1.165, 1.54) is 5.56 Å². The van der Waals surface area contributed by atoms with Gasteiger partial charge in [0.25, 0.3) is 0 Å². The second-order valence-corrected chi connectivity index (χ2v) is 8.34. The highest BCUT2D eigenvalue weighted by atomic mass is 16.2. The molecule has 3 aliphatic rings. The fourth-order valence-electron chi connectivity index (χ4n) is 4.54. The quantitative estimate of drug-likeness (QED) is 0.853. The lowest BCUT2D eigenvalue weighted by Crippen LogP contribution is -2.49. The molecule has 1 fully saturated rings. The molecule has 154 valence electrons. The van der Waals surface area contributed by atoms with Crippen molar-refractivity contribution < 1.29 is 4.79 Å². The van der Waals surface area contributed by atoms with Crippen LogP contribution in [0.3, 0.4) is 0 Å². The number of pyridine rings is 1. The average Bonchev–Trinajstić information content (AvgIpc) is 3.33. The molecule has 2 amide bonds. The van der Waals surface area contributed by atoms with Crippen molar-refractivity contribution in [3.63, 3.8) is 0 Å². The summed E-state index contributed by atoms with van der Waals surface area (Å²) in [6.07, 6.45) is 3.81. The molecule has 0 saturated carbocycles. The number of nitrogens with zero attached hydrogens (tertiary/aromatic N) is 5. The number of rotatable bonds is 4. The molecule has 1 N–H and O–H groups in total. The predicted molar refractivity (Wildman–Crippen MR) is 117 cm³/mol. The van der Waals surface area contributed by atoms with Crippen molar-refractivity contribution in [2.24, 2.45) is 16.8 Å². The highest BCUT2D eigenvalue weighted by Gasteiger charge is 2.39. The molecule has 7 heteroatoms. The number of amides is 2. The Morgan fingerprint density at radius 2 is 1.97 bits per heavy atom. The van der Waals surface area contributed by atoms with E-state index >= 15 is 0 Å². The molecule has 2 atom stereocenters. The summed E-state index contributed by atoms with van der Waals surface area (Å²) in [5.41, 5.74) is 3.34. The number of carbonyl (C=O) groups excluding carboxylic acids is 1. The Hall–Kier alpha value is -3.19. The average molecular weight is 403 g/mol. The van der Waals surface area contributed by atoms with E-state index in [4.69, 9.17) is 4.99 Å². The van der Waals surface area contributed by atoms with Gasteiger partial charge in [0.1, 0.15) is 12.5 Å². The number of para-hydroxylation sites is 1. The summed E-state index contributed by atoms with van der Waals surface area (Å²) in [4.78, 5) is 28.3. The van der Waals surface area contributed by atoms with E-state index in [0.717, 1.165) is 36.9 Å². The lowest BCUT2D eigenvalue weighted by Gasteiger charge is -2.28. The van der Waals surface area contributed by atoms with Gasteiger partial charge in [0.05, 0.1) is 5.69 Å². The van der Waals surface area contributed by atoms with Crippen molar-refractivity contribution in [3.05, 3.63) is 71.9 Å². The minimum Gasteiger partial charge on any atom is -0.325 e. The van der Waals surface area contributed by atoms with E-state index in [-0.39, 0.29) is 11.9 Å². The molecule has 7 nitrogen and oxygen atoms in total. The molecule has 0 bridgehead atoms. The zero-order valence-electron chi connectivity index (χ0n) is 17.3. The second-order valence-electron chi connectivity index (χ2n) is 8.34. The highest BCUT2D eigenvalue weighted by Crippen LogP contribution is 2.31. The summed E-state index contributed by atoms with van der Waals surface area (Å²) in [7, 11) is 0. The Balaban J connectivity index is 1.35. The van der Waals surface area contributed by atoms with Crippen LogP contribution in [0.15, 0.2) is 65.7 Å². The van der Waals surface area contributed by atoms with Gasteiger partial charge < -0.3 is 4.90 Å². The molecule has 1 aromatic carbocycles. The van der Waals surface area contributed by atoms with Crippen LogP contribution in [0.2, 0.25) is 0 Å². The Labute approximate surface area is 176 Å². The molecule has 4 heterocycles. The van der Waals surface area contributed by atoms with Crippen LogP contribution in [0.5, 0.6) is 0 Å². The number of carbonyl (C=O) groups is 1. The summed E-state index contributed by atoms with van der Waals surface area (Å²) in [5.74, 6) is 2.11. The molecular formula is C23H26N6O. The number of hydrogen-bond acceptors (Lipinski definition) is 5. The van der Waals surface area contributed by atoms with Crippen LogP contribution in [0.1, 0.15) is 18.2 Å². The molecule has 1 aromatic heterocycles. The largest absolute Gasteiger partial charge is 0.329 e. The van der Waals surface area contributed by atoms with Crippen LogP contribution in [0.4, 0.5) is 10.5 Å². The number of aliphatic imine (C=N–C) groups is 1. The van der Waals surface area contributed by atoms with Gasteiger partial charge in [0, 0.05) is 43.6 Å². The third kappa shape index (κ3) is 3.45. The van der Waals surface area contributed by atoms with Crippen molar-refractivity contribution >= 4 is 17.6 Å². The molecule has 2 aromatic rings. The number of benzene rings is 1. The minimum atomic E-state index is -0.0993. The summed E-state index contributed by atoms with van der Waals surface area (Å²) >= 11 is 0. The Bertz CT molecular complexity index is 1020. The summed E-state index contributed by atoms with van der Waals surface area (Å²) in [5, 5.41) is 3.06. The molecule has 5 rings (SSSR count). The molecule has 2 unspecified atom stereocenters. The number of fused-ring (bicyclic) bond motifs is 1. The summed E-state index contributed by atoms with van der Waals surface area (Å²) in [6.45, 7) is 7.44. The Morgan fingerprint density at radius 3 is 2.77 bits per heavy atom. The lowest BCUT2D eigenvalue weighted by molar-refractivity contribution is 0.216. The maximum Gasteiger partial charge on any atom is 0.329 e. The number of amidine groups is 1. The fourth-order valence-corrected chi connectivity index (χ4v) is 4.54. The van der Waals surface area contributed by atoms with Gasteiger partial charge in [0.15, 0.2) is 5.82 Å². The fraction of sp³-hybridized carbons (Fsp3) is 0.348. The van der Waals surface area contributed by atoms with Crippen molar-refractivity contribution in [3.8, 4) is 0 Å². The van der Waals surface area contributed by atoms with Crippen LogP contribution in [-0.2, 0) is 6.54 Å². The maximum absolute atomic E-state index is 12.8. The zero-order valence-corrected chi connectivity index (χ0v) is 17.3. The highest BCUT2D eigenvalue weighted by molar-refractivity contribution is 6.02. The maximum atomic E-state index is 12.8. The van der Waals surface area contributed by atoms with Crippen molar-refractivity contribution in [2.75, 3.05) is 24.7 Å². The lowest BCUT2D eigenvalue weighted by atomic mass is 9.96. The van der Waals surface area contributed by atoms with Crippen LogP contribution in [-0.4, -0.2) is 46.4 Å². The van der Waals surface area contributed by atoms with Gasteiger partial charge in [-0.2, -0.15) is 0 Å². The number of hydrogen-bond donors (Lipinski definition) is 1. The van der Waals surface area contributed by atoms with Gasteiger partial charge in [-0.3, -0.25) is 20.1 Å². The van der Waals surface area contributed by atoms with Gasteiger partial charge in [-0.1, -0.05) is 31.2 Å². The van der Waals surface area contributed by atoms with Crippen molar-refractivity contribution in [1.82, 2.24) is 20.1 Å².